The van der Waals surface area contributed by atoms with E-state index in [9.17, 15) is 0 Å². The smallest absolute Gasteiger partial charge is 0.132 e. The molecular formula is C12H20OS. The highest BCUT2D eigenvalue weighted by atomic mass is 32.1. The van der Waals surface area contributed by atoms with Gasteiger partial charge in [0.25, 0.3) is 0 Å². The van der Waals surface area contributed by atoms with Crippen molar-refractivity contribution in [2.24, 2.45) is 5.92 Å². The monoisotopic (exact) mass is 212 g/mol. The van der Waals surface area contributed by atoms with Gasteiger partial charge >= 0.3 is 0 Å². The van der Waals surface area contributed by atoms with Gasteiger partial charge in [0.1, 0.15) is 5.75 Å². The molecule has 0 radical (unpaired) electrons. The Bertz CT molecular complexity index is 255. The van der Waals surface area contributed by atoms with Crippen LogP contribution >= 0.6 is 11.3 Å². The highest BCUT2D eigenvalue weighted by Crippen LogP contribution is 2.29. The second-order valence-corrected chi connectivity index (χ2v) is 4.68. The van der Waals surface area contributed by atoms with E-state index < -0.39 is 0 Å². The molecule has 0 aliphatic heterocycles. The van der Waals surface area contributed by atoms with Crippen LogP contribution in [0.1, 0.15) is 38.0 Å². The van der Waals surface area contributed by atoms with Gasteiger partial charge in [0.2, 0.25) is 0 Å². The molecule has 1 aromatic heterocycles. The molecule has 0 amide bonds. The second-order valence-electron chi connectivity index (χ2n) is 3.68. The van der Waals surface area contributed by atoms with E-state index in [1.165, 1.54) is 30.6 Å². The number of thiophene rings is 1. The third-order valence-corrected chi connectivity index (χ3v) is 3.60. The molecule has 0 bridgehead atoms. The molecule has 1 heterocycles. The van der Waals surface area contributed by atoms with E-state index in [0.29, 0.717) is 0 Å². The fourth-order valence-corrected chi connectivity index (χ4v) is 2.74. The van der Waals surface area contributed by atoms with Crippen LogP contribution in [0.25, 0.3) is 0 Å². The number of rotatable bonds is 6. The maximum Gasteiger partial charge on any atom is 0.132 e. The van der Waals surface area contributed by atoms with Gasteiger partial charge in [-0.25, -0.2) is 0 Å². The van der Waals surface area contributed by atoms with Gasteiger partial charge in [-0.2, -0.15) is 0 Å². The third-order valence-electron chi connectivity index (χ3n) is 2.67. The van der Waals surface area contributed by atoms with Crippen LogP contribution in [-0.4, -0.2) is 7.11 Å². The van der Waals surface area contributed by atoms with E-state index in [1.807, 2.05) is 11.3 Å². The van der Waals surface area contributed by atoms with Crippen molar-refractivity contribution in [2.45, 2.75) is 39.5 Å². The first-order valence-electron chi connectivity index (χ1n) is 5.42. The molecule has 0 aliphatic rings. The van der Waals surface area contributed by atoms with E-state index in [4.69, 9.17) is 4.74 Å². The van der Waals surface area contributed by atoms with Gasteiger partial charge in [0.15, 0.2) is 0 Å². The van der Waals surface area contributed by atoms with Gasteiger partial charge in [-0.3, -0.25) is 0 Å². The molecule has 0 spiro atoms. The zero-order valence-corrected chi connectivity index (χ0v) is 10.2. The molecule has 80 valence electrons. The fraction of sp³-hybridized carbons (Fsp3) is 0.667. The SMILES string of the molecule is CCCC(CC)Cc1sccc1OC. The summed E-state index contributed by atoms with van der Waals surface area (Å²) < 4.78 is 5.32. The Balaban J connectivity index is 2.56. The highest BCUT2D eigenvalue weighted by Gasteiger charge is 2.11. The second kappa shape index (κ2) is 6.07. The van der Waals surface area contributed by atoms with Gasteiger partial charge < -0.3 is 4.74 Å². The molecule has 0 aromatic carbocycles. The molecule has 0 saturated carbocycles. The normalized spacial score (nSPS) is 12.8. The lowest BCUT2D eigenvalue weighted by Gasteiger charge is -2.13. The molecule has 1 atom stereocenters. The van der Waals surface area contributed by atoms with Crippen LogP contribution in [0.4, 0.5) is 0 Å². The third kappa shape index (κ3) is 3.02. The number of methoxy groups -OCH3 is 1. The van der Waals surface area contributed by atoms with E-state index in [1.54, 1.807) is 7.11 Å². The summed E-state index contributed by atoms with van der Waals surface area (Å²) in [6.45, 7) is 4.54. The summed E-state index contributed by atoms with van der Waals surface area (Å²) in [4.78, 5) is 1.41. The molecule has 14 heavy (non-hydrogen) atoms. The molecule has 0 saturated heterocycles. The predicted molar refractivity (Wildman–Crippen MR) is 63.3 cm³/mol. The van der Waals surface area contributed by atoms with Crippen molar-refractivity contribution in [3.63, 3.8) is 0 Å². The largest absolute Gasteiger partial charge is 0.496 e. The standard InChI is InChI=1S/C12H20OS/c1-4-6-10(5-2)9-12-11(13-3)7-8-14-12/h7-8,10H,4-6,9H2,1-3H3. The van der Waals surface area contributed by atoms with Crippen molar-refractivity contribution in [3.8, 4) is 5.75 Å². The minimum atomic E-state index is 0.826. The molecule has 0 fully saturated rings. The average molecular weight is 212 g/mol. The first-order chi connectivity index (χ1) is 6.81. The fourth-order valence-electron chi connectivity index (χ4n) is 1.78. The van der Waals surface area contributed by atoms with Crippen LogP contribution in [0.5, 0.6) is 5.75 Å². The first-order valence-corrected chi connectivity index (χ1v) is 6.30. The zero-order chi connectivity index (χ0) is 10.4. The molecular weight excluding hydrogens is 192 g/mol. The van der Waals surface area contributed by atoms with Crippen LogP contribution in [0.2, 0.25) is 0 Å². The Labute approximate surface area is 91.1 Å². The minimum Gasteiger partial charge on any atom is -0.496 e. The lowest BCUT2D eigenvalue weighted by Crippen LogP contribution is -2.02. The van der Waals surface area contributed by atoms with E-state index >= 15 is 0 Å². The van der Waals surface area contributed by atoms with E-state index in [-0.39, 0.29) is 0 Å². The Morgan fingerprint density at radius 2 is 2.21 bits per heavy atom. The van der Waals surface area contributed by atoms with Gasteiger partial charge in [-0.1, -0.05) is 33.1 Å². The van der Waals surface area contributed by atoms with E-state index in [0.717, 1.165) is 11.7 Å². The van der Waals surface area contributed by atoms with Crippen molar-refractivity contribution in [3.05, 3.63) is 16.3 Å². The van der Waals surface area contributed by atoms with Crippen molar-refractivity contribution in [1.29, 1.82) is 0 Å². The van der Waals surface area contributed by atoms with Crippen LogP contribution in [0, 0.1) is 5.92 Å². The molecule has 0 N–H and O–H groups in total. The summed E-state index contributed by atoms with van der Waals surface area (Å²) in [5.74, 6) is 1.90. The van der Waals surface area contributed by atoms with E-state index in [2.05, 4.69) is 25.3 Å². The van der Waals surface area contributed by atoms with Gasteiger partial charge in [0, 0.05) is 4.88 Å². The summed E-state index contributed by atoms with van der Waals surface area (Å²) in [5.41, 5.74) is 0. The summed E-state index contributed by atoms with van der Waals surface area (Å²) in [7, 11) is 1.76. The predicted octanol–water partition coefficient (Wildman–Crippen LogP) is 4.13. The lowest BCUT2D eigenvalue weighted by atomic mass is 9.96. The average Bonchev–Trinajstić information content (AvgIpc) is 2.64. The molecule has 1 rings (SSSR count). The zero-order valence-electron chi connectivity index (χ0n) is 9.38. The van der Waals surface area contributed by atoms with Crippen molar-refractivity contribution in [2.75, 3.05) is 7.11 Å². The van der Waals surface area contributed by atoms with Crippen molar-refractivity contribution >= 4 is 11.3 Å². The van der Waals surface area contributed by atoms with Crippen LogP contribution in [-0.2, 0) is 6.42 Å². The van der Waals surface area contributed by atoms with Gasteiger partial charge in [-0.15, -0.1) is 11.3 Å². The quantitative estimate of drug-likeness (QED) is 0.689. The molecule has 0 aliphatic carbocycles. The van der Waals surface area contributed by atoms with Crippen LogP contribution in [0.3, 0.4) is 0 Å². The number of hydrogen-bond donors (Lipinski definition) is 0. The molecule has 1 nitrogen and oxygen atoms in total. The Morgan fingerprint density at radius 3 is 2.79 bits per heavy atom. The van der Waals surface area contributed by atoms with Crippen LogP contribution < -0.4 is 4.74 Å². The lowest BCUT2D eigenvalue weighted by molar-refractivity contribution is 0.402. The Kier molecular flexibility index (Phi) is 5.02. The Hall–Kier alpha value is -0.500. The summed E-state index contributed by atoms with van der Waals surface area (Å²) in [6, 6.07) is 2.07. The molecule has 2 heteroatoms. The number of hydrogen-bond acceptors (Lipinski definition) is 2. The number of ether oxygens (including phenoxy) is 1. The maximum atomic E-state index is 5.32. The van der Waals surface area contributed by atoms with Crippen molar-refractivity contribution in [1.82, 2.24) is 0 Å². The summed E-state index contributed by atoms with van der Waals surface area (Å²) >= 11 is 1.82. The van der Waals surface area contributed by atoms with Crippen LogP contribution in [0.15, 0.2) is 11.4 Å². The topological polar surface area (TPSA) is 9.23 Å². The Morgan fingerprint density at radius 1 is 1.43 bits per heavy atom. The maximum absolute atomic E-state index is 5.32. The van der Waals surface area contributed by atoms with Crippen molar-refractivity contribution < 1.29 is 4.74 Å². The molecule has 1 aromatic rings. The first kappa shape index (κ1) is 11.6. The molecule has 1 unspecified atom stereocenters. The van der Waals surface area contributed by atoms with Gasteiger partial charge in [0.05, 0.1) is 7.11 Å². The van der Waals surface area contributed by atoms with Gasteiger partial charge in [-0.05, 0) is 23.8 Å². The summed E-state index contributed by atoms with van der Waals surface area (Å²) in [6.07, 6.45) is 5.07. The minimum absolute atomic E-state index is 0.826. The summed E-state index contributed by atoms with van der Waals surface area (Å²) in [5, 5.41) is 2.12. The highest BCUT2D eigenvalue weighted by molar-refractivity contribution is 7.10.